The van der Waals surface area contributed by atoms with Crippen LogP contribution >= 0.6 is 11.6 Å². The average molecular weight is 616 g/mol. The Labute approximate surface area is 262 Å². The summed E-state index contributed by atoms with van der Waals surface area (Å²) in [5.41, 5.74) is 4.03. The molecule has 11 heteroatoms. The van der Waals surface area contributed by atoms with E-state index in [0.29, 0.717) is 22.4 Å². The number of ether oxygens (including phenoxy) is 1. The number of para-hydroxylation sites is 1. The highest BCUT2D eigenvalue weighted by atomic mass is 35.5. The molecule has 3 heterocycles. The minimum absolute atomic E-state index is 0.201. The minimum atomic E-state index is -0.566. The highest BCUT2D eigenvalue weighted by Crippen LogP contribution is 2.32. The molecule has 4 N–H and O–H groups in total. The molecule has 4 aromatic rings. The van der Waals surface area contributed by atoms with E-state index in [1.54, 1.807) is 33.0 Å². The Morgan fingerprint density at radius 2 is 1.86 bits per heavy atom. The summed E-state index contributed by atoms with van der Waals surface area (Å²) in [4.78, 5) is 38.8. The summed E-state index contributed by atoms with van der Waals surface area (Å²) >= 11 is 6.50. The van der Waals surface area contributed by atoms with Crippen LogP contribution in [0.5, 0.6) is 0 Å². The smallest absolute Gasteiger partial charge is 0.407 e. The number of hydrogen-bond acceptors (Lipinski definition) is 7. The zero-order chi connectivity index (χ0) is 31.1. The van der Waals surface area contributed by atoms with E-state index in [1.165, 1.54) is 11.6 Å². The van der Waals surface area contributed by atoms with Gasteiger partial charge in [0.1, 0.15) is 5.60 Å². The third-order valence-electron chi connectivity index (χ3n) is 7.17. The van der Waals surface area contributed by atoms with Gasteiger partial charge in [0.05, 0.1) is 16.9 Å². The van der Waals surface area contributed by atoms with Crippen molar-refractivity contribution >= 4 is 46.1 Å². The molecule has 1 aliphatic rings. The quantitative estimate of drug-likeness (QED) is 0.161. The van der Waals surface area contributed by atoms with E-state index in [4.69, 9.17) is 21.3 Å². The molecule has 5 rings (SSSR count). The maximum absolute atomic E-state index is 12.2. The number of carbonyl (C=O) groups is 2. The van der Waals surface area contributed by atoms with Gasteiger partial charge in [-0.3, -0.25) is 9.69 Å². The van der Waals surface area contributed by atoms with Crippen molar-refractivity contribution < 1.29 is 14.3 Å². The predicted octanol–water partition coefficient (Wildman–Crippen LogP) is 6.37. The molecule has 2 aromatic carbocycles. The summed E-state index contributed by atoms with van der Waals surface area (Å²) in [7, 11) is 0. The van der Waals surface area contributed by atoms with Gasteiger partial charge in [0.2, 0.25) is 11.9 Å². The van der Waals surface area contributed by atoms with Crippen molar-refractivity contribution in [2.75, 3.05) is 30.3 Å². The number of fused-ring (bicyclic) bond motifs is 1. The number of rotatable bonds is 9. The van der Waals surface area contributed by atoms with Crippen molar-refractivity contribution in [2.45, 2.75) is 51.8 Å². The van der Waals surface area contributed by atoms with E-state index in [0.717, 1.165) is 48.9 Å². The van der Waals surface area contributed by atoms with Gasteiger partial charge >= 0.3 is 6.09 Å². The fourth-order valence-corrected chi connectivity index (χ4v) is 5.26. The second-order valence-corrected chi connectivity index (χ2v) is 12.2. The minimum Gasteiger partial charge on any atom is -0.444 e. The highest BCUT2D eigenvalue weighted by Gasteiger charge is 2.21. The topological polar surface area (TPSA) is 124 Å². The molecule has 0 bridgehead atoms. The maximum atomic E-state index is 12.2. The van der Waals surface area contributed by atoms with Crippen LogP contribution in [0.4, 0.5) is 16.4 Å². The van der Waals surface area contributed by atoms with Crippen molar-refractivity contribution in [3.8, 4) is 11.3 Å². The van der Waals surface area contributed by atoms with Gasteiger partial charge in [0, 0.05) is 66.6 Å². The number of benzene rings is 2. The third kappa shape index (κ3) is 8.58. The summed E-state index contributed by atoms with van der Waals surface area (Å²) in [6.07, 6.45) is 7.98. The first-order chi connectivity index (χ1) is 21.1. The lowest BCUT2D eigenvalue weighted by atomic mass is 10.0. The summed E-state index contributed by atoms with van der Waals surface area (Å²) in [5.74, 6) is 0.316. The Kier molecular flexibility index (Phi) is 9.82. The lowest BCUT2D eigenvalue weighted by Crippen LogP contribution is -2.39. The molecule has 230 valence electrons. The van der Waals surface area contributed by atoms with Crippen LogP contribution in [0.15, 0.2) is 73.1 Å². The van der Waals surface area contributed by atoms with Gasteiger partial charge in [0.15, 0.2) is 0 Å². The average Bonchev–Trinajstić information content (AvgIpc) is 3.41. The molecule has 0 unspecified atom stereocenters. The normalized spacial score (nSPS) is 14.5. The number of anilines is 2. The van der Waals surface area contributed by atoms with Crippen LogP contribution in [-0.4, -0.2) is 63.1 Å². The number of nitrogens with zero attached hydrogens (tertiary/aromatic N) is 3. The van der Waals surface area contributed by atoms with Crippen molar-refractivity contribution in [3.63, 3.8) is 0 Å². The molecule has 0 radical (unpaired) electrons. The van der Waals surface area contributed by atoms with E-state index in [2.05, 4.69) is 36.9 Å². The van der Waals surface area contributed by atoms with Crippen LogP contribution in [0.3, 0.4) is 0 Å². The third-order valence-corrected chi connectivity index (χ3v) is 7.45. The van der Waals surface area contributed by atoms with Crippen LogP contribution < -0.4 is 16.0 Å². The Morgan fingerprint density at radius 3 is 2.61 bits per heavy atom. The van der Waals surface area contributed by atoms with Crippen LogP contribution in [0.1, 0.15) is 39.2 Å². The van der Waals surface area contributed by atoms with Crippen molar-refractivity contribution in [1.29, 1.82) is 0 Å². The zero-order valence-corrected chi connectivity index (χ0v) is 25.9. The first kappa shape index (κ1) is 31.0. The number of aromatic nitrogens is 3. The van der Waals surface area contributed by atoms with Gasteiger partial charge < -0.3 is 25.7 Å². The van der Waals surface area contributed by atoms with Gasteiger partial charge in [-0.25, -0.2) is 14.8 Å². The first-order valence-electron chi connectivity index (χ1n) is 14.7. The first-order valence-corrected chi connectivity index (χ1v) is 15.1. The Hall–Kier alpha value is -4.41. The number of carbonyl (C=O) groups excluding carboxylic acids is 2. The molecule has 2 aromatic heterocycles. The second-order valence-electron chi connectivity index (χ2n) is 11.8. The lowest BCUT2D eigenvalue weighted by molar-refractivity contribution is -0.111. The molecule has 1 fully saturated rings. The summed E-state index contributed by atoms with van der Waals surface area (Å²) < 4.78 is 5.16. The largest absolute Gasteiger partial charge is 0.444 e. The molecule has 2 amide bonds. The number of aromatic amines is 1. The number of alkyl carbamates (subject to hydrolysis) is 1. The number of amides is 2. The molecule has 0 aliphatic carbocycles. The Morgan fingerprint density at radius 1 is 1.11 bits per heavy atom. The fourth-order valence-electron chi connectivity index (χ4n) is 5.07. The fraction of sp³-hybridized carbons (Fsp3) is 0.333. The van der Waals surface area contributed by atoms with E-state index < -0.39 is 11.7 Å². The van der Waals surface area contributed by atoms with Gasteiger partial charge in [0.25, 0.3) is 0 Å². The Bertz CT molecular complexity index is 1620. The molecule has 0 atom stereocenters. The van der Waals surface area contributed by atoms with Gasteiger partial charge in [-0.2, -0.15) is 0 Å². The monoisotopic (exact) mass is 615 g/mol. The molecular weight excluding hydrogens is 578 g/mol. The van der Waals surface area contributed by atoms with Crippen LogP contribution in [0.2, 0.25) is 5.02 Å². The van der Waals surface area contributed by atoms with E-state index in [9.17, 15) is 9.59 Å². The number of H-pyrrole nitrogens is 1. The van der Waals surface area contributed by atoms with Crippen LogP contribution in [0, 0.1) is 0 Å². The number of likely N-dealkylation sites (tertiary alicyclic amines) is 1. The van der Waals surface area contributed by atoms with Gasteiger partial charge in [-0.15, -0.1) is 0 Å². The summed E-state index contributed by atoms with van der Waals surface area (Å²) in [6.45, 7) is 8.31. The lowest BCUT2D eigenvalue weighted by Gasteiger charge is -2.32. The number of hydrogen-bond donors (Lipinski definition) is 4. The molecule has 0 spiro atoms. The standard InChI is InChI=1S/C33H38ClN7O3/c1-33(2,3)44-32(43)35-16-6-9-29(42)38-23-12-10-22(11-13-23)21-41-17-14-24(15-18-41)39-31-37-20-27(34)30(40-31)26-19-36-28-8-5-4-7-25(26)28/h4-13,19-20,24,36H,14-18,21H2,1-3H3,(H,35,43)(H,38,42)(H,37,39,40)/b9-6+. The number of nitrogens with one attached hydrogen (secondary N) is 4. The van der Waals surface area contributed by atoms with Crippen molar-refractivity contribution in [3.05, 3.63) is 83.7 Å². The SMILES string of the molecule is CC(C)(C)OC(=O)NC/C=C/C(=O)Nc1ccc(CN2CCC(Nc3ncc(Cl)c(-c4c[nH]c5ccccc45)n3)CC2)cc1. The molecule has 44 heavy (non-hydrogen) atoms. The maximum Gasteiger partial charge on any atom is 0.407 e. The van der Waals surface area contributed by atoms with Crippen molar-refractivity contribution in [1.82, 2.24) is 25.2 Å². The second kappa shape index (κ2) is 13.9. The highest BCUT2D eigenvalue weighted by molar-refractivity contribution is 6.33. The summed E-state index contributed by atoms with van der Waals surface area (Å²) in [6, 6.07) is 16.2. The van der Waals surface area contributed by atoms with E-state index >= 15 is 0 Å². The molecular formula is C33H38ClN7O3. The molecule has 1 saturated heterocycles. The summed E-state index contributed by atoms with van der Waals surface area (Å²) in [5, 5.41) is 10.5. The number of halogens is 1. The number of piperidine rings is 1. The van der Waals surface area contributed by atoms with E-state index in [1.807, 2.05) is 48.7 Å². The van der Waals surface area contributed by atoms with Gasteiger partial charge in [-0.1, -0.05) is 48.0 Å². The van der Waals surface area contributed by atoms with E-state index in [-0.39, 0.29) is 18.5 Å². The van der Waals surface area contributed by atoms with Crippen LogP contribution in [-0.2, 0) is 16.1 Å². The predicted molar refractivity (Wildman–Crippen MR) is 175 cm³/mol. The van der Waals surface area contributed by atoms with Gasteiger partial charge in [-0.05, 0) is 57.4 Å². The molecule has 10 nitrogen and oxygen atoms in total. The Balaban J connectivity index is 1.06. The zero-order valence-electron chi connectivity index (χ0n) is 25.2. The van der Waals surface area contributed by atoms with Crippen LogP contribution in [0.25, 0.3) is 22.2 Å². The molecule has 0 saturated carbocycles. The van der Waals surface area contributed by atoms with Crippen molar-refractivity contribution in [2.24, 2.45) is 0 Å². The molecule has 1 aliphatic heterocycles.